The maximum atomic E-state index is 15.2. The molecule has 18 heteroatoms. The van der Waals surface area contributed by atoms with Crippen LogP contribution in [0.5, 0.6) is 80.5 Å². The zero-order valence-corrected chi connectivity index (χ0v) is 76.6. The average Bonchev–Trinajstić information content (AvgIpc) is 1.62. The standard InChI is InChI=1S/C121H102N2O16/c124-118(63-87-31-11-1-12-32-87)119-120(122-123(121(119)125)103-49-29-10-30-50-103)102-64-116(138-85-100-59-112(134-81-96-51-104(126-73-88-33-13-2-14-34-88)66-105(52-96)127-74-89-35-15-3-16-36-89)70-113(60-100)135-82-97-53-106(128-75-90-37-17-4-18-38-90)67-107(54-97)129-76-91-39-19-5-20-40-91)72-117(65-102)139-86-101-61-114(136-83-98-55-108(130-77-92-41-21-6-22-42-92)68-109(56-98)131-78-93-43-23-7-24-44-93)71-115(62-101)137-84-99-57-110(132-79-94-45-25-8-26-46-94)69-111(58-99)133-80-95-47-27-9-28-48-95/h1-62,64-72,119H,63,73-86H2. The van der Waals surface area contributed by atoms with Crippen LogP contribution in [0.1, 0.15) is 89.0 Å². The molecule has 17 aromatic rings. The van der Waals surface area contributed by atoms with Crippen molar-refractivity contribution in [3.05, 3.63) is 520 Å². The van der Waals surface area contributed by atoms with Crippen molar-refractivity contribution in [3.63, 3.8) is 0 Å². The number of hydrogen-bond acceptors (Lipinski definition) is 17. The normalized spacial score (nSPS) is 12.0. The molecule has 139 heavy (non-hydrogen) atoms. The summed E-state index contributed by atoms with van der Waals surface area (Å²) in [6.07, 6.45) is -0.0508. The van der Waals surface area contributed by atoms with Crippen LogP contribution in [0.4, 0.5) is 5.69 Å². The van der Waals surface area contributed by atoms with Gasteiger partial charge in [0, 0.05) is 54.4 Å². The Kier molecular flexibility index (Phi) is 31.2. The molecule has 18 nitrogen and oxygen atoms in total. The zero-order valence-electron chi connectivity index (χ0n) is 76.6. The van der Waals surface area contributed by atoms with Crippen LogP contribution in [-0.4, -0.2) is 17.4 Å². The smallest absolute Gasteiger partial charge is 0.264 e. The van der Waals surface area contributed by atoms with Crippen LogP contribution in [0.15, 0.2) is 436 Å². The van der Waals surface area contributed by atoms with E-state index in [4.69, 9.17) is 71.4 Å². The van der Waals surface area contributed by atoms with E-state index in [9.17, 15) is 0 Å². The molecule has 0 aromatic heterocycles. The molecule has 0 saturated heterocycles. The van der Waals surface area contributed by atoms with Crippen LogP contribution in [0.25, 0.3) is 0 Å². The van der Waals surface area contributed by atoms with Gasteiger partial charge in [-0.05, 0) is 181 Å². The number of ketones is 1. The monoisotopic (exact) mass is 1840 g/mol. The van der Waals surface area contributed by atoms with Gasteiger partial charge in [-0.2, -0.15) is 10.1 Å². The Hall–Kier alpha value is -17.3. The minimum atomic E-state index is -1.35. The number of carbonyl (C=O) groups excluding carboxylic acids is 2. The van der Waals surface area contributed by atoms with E-state index in [1.165, 1.54) is 5.01 Å². The first-order chi connectivity index (χ1) is 68.5. The summed E-state index contributed by atoms with van der Waals surface area (Å²) in [5, 5.41) is 6.38. The number of carbonyl (C=O) groups is 2. The average molecular weight is 1840 g/mol. The van der Waals surface area contributed by atoms with E-state index in [0.717, 1.165) is 72.3 Å². The molecule has 0 aliphatic carbocycles. The Morgan fingerprint density at radius 3 is 0.540 bits per heavy atom. The van der Waals surface area contributed by atoms with Gasteiger partial charge in [-0.1, -0.05) is 291 Å². The van der Waals surface area contributed by atoms with Crippen molar-refractivity contribution < 1.29 is 75.9 Å². The van der Waals surface area contributed by atoms with E-state index in [1.54, 1.807) is 30.3 Å². The largest absolute Gasteiger partial charge is 0.489 e. The van der Waals surface area contributed by atoms with Crippen molar-refractivity contribution >= 4 is 23.1 Å². The number of benzene rings is 17. The van der Waals surface area contributed by atoms with E-state index in [1.807, 2.05) is 400 Å². The molecule has 1 unspecified atom stereocenters. The predicted octanol–water partition coefficient (Wildman–Crippen LogP) is 26.0. The van der Waals surface area contributed by atoms with Gasteiger partial charge in [-0.25, -0.2) is 0 Å². The maximum Gasteiger partial charge on any atom is 0.264 e. The number of ether oxygens (including phenoxy) is 14. The SMILES string of the molecule is O=C(Cc1ccccc1)C1C(=O)N(c2ccccc2)N=C1c1cc(OCc2cc(OCc3cc(OCc4ccccc4)cc(OCc4ccccc4)c3)cc(OCc3cc(OCc4ccccc4)cc(OCc4ccccc4)c3)c2)cc(OCc2cc(OCc3cc(OCc4ccccc4)cc(OCc4ccccc4)c3)cc(OCc3cc(OCc4ccccc4)cc(OCc4ccccc4)c3)c2)c1. The summed E-state index contributed by atoms with van der Waals surface area (Å²) in [5.74, 6) is 4.98. The minimum Gasteiger partial charge on any atom is -0.489 e. The predicted molar refractivity (Wildman–Crippen MR) is 536 cm³/mol. The molecule has 0 bridgehead atoms. The molecule has 18 rings (SSSR count). The van der Waals surface area contributed by atoms with Crippen molar-refractivity contribution in [3.8, 4) is 80.5 Å². The lowest BCUT2D eigenvalue weighted by Crippen LogP contribution is -2.34. The molecule has 17 aromatic carbocycles. The molecule has 0 N–H and O–H groups in total. The van der Waals surface area contributed by atoms with Crippen LogP contribution in [0, 0.1) is 5.92 Å². The highest BCUT2D eigenvalue weighted by Gasteiger charge is 2.42. The van der Waals surface area contributed by atoms with Gasteiger partial charge in [0.2, 0.25) is 0 Å². The van der Waals surface area contributed by atoms with Gasteiger partial charge in [-0.15, -0.1) is 0 Å². The second kappa shape index (κ2) is 47.1. The minimum absolute atomic E-state index is 0.0508. The Morgan fingerprint density at radius 1 is 0.194 bits per heavy atom. The van der Waals surface area contributed by atoms with Gasteiger partial charge in [0.05, 0.1) is 11.4 Å². The van der Waals surface area contributed by atoms with E-state index < -0.39 is 11.8 Å². The molecule has 1 aliphatic rings. The first-order valence-corrected chi connectivity index (χ1v) is 46.2. The Labute approximate surface area is 809 Å². The summed E-state index contributed by atoms with van der Waals surface area (Å²) in [5.41, 5.74) is 14.2. The zero-order chi connectivity index (χ0) is 94.2. The molecule has 1 atom stereocenters. The van der Waals surface area contributed by atoms with Gasteiger partial charge < -0.3 is 66.3 Å². The highest BCUT2D eigenvalue weighted by atomic mass is 16.5. The third-order valence-corrected chi connectivity index (χ3v) is 22.7. The van der Waals surface area contributed by atoms with Crippen molar-refractivity contribution in [1.29, 1.82) is 0 Å². The lowest BCUT2D eigenvalue weighted by atomic mass is 9.89. The summed E-state index contributed by atoms with van der Waals surface area (Å²) < 4.78 is 93.5. The lowest BCUT2D eigenvalue weighted by molar-refractivity contribution is -0.128. The third kappa shape index (κ3) is 27.5. The first kappa shape index (κ1) is 92.2. The topological polar surface area (TPSA) is 179 Å². The van der Waals surface area contributed by atoms with Gasteiger partial charge in [-0.3, -0.25) is 9.59 Å². The van der Waals surface area contributed by atoms with Crippen molar-refractivity contribution in [2.24, 2.45) is 11.0 Å². The number of amides is 1. The molecule has 0 fully saturated rings. The molecule has 0 saturated carbocycles. The summed E-state index contributed by atoms with van der Waals surface area (Å²) in [7, 11) is 0. The van der Waals surface area contributed by atoms with Crippen molar-refractivity contribution in [2.45, 2.75) is 98.9 Å². The molecule has 1 aliphatic heterocycles. The van der Waals surface area contributed by atoms with Crippen molar-refractivity contribution in [1.82, 2.24) is 0 Å². The lowest BCUT2D eigenvalue weighted by Gasteiger charge is -2.17. The van der Waals surface area contributed by atoms with Gasteiger partial charge in [0.25, 0.3) is 5.91 Å². The van der Waals surface area contributed by atoms with Gasteiger partial charge in [0.1, 0.15) is 179 Å². The number of hydrogen-bond donors (Lipinski definition) is 0. The number of anilines is 1. The van der Waals surface area contributed by atoms with Gasteiger partial charge >= 0.3 is 0 Å². The molecule has 692 valence electrons. The number of para-hydroxylation sites is 1. The fraction of sp³-hybridized carbons (Fsp3) is 0.132. The number of hydrazone groups is 1. The molecular formula is C121H102N2O16. The maximum absolute atomic E-state index is 15.2. The van der Waals surface area contributed by atoms with Crippen LogP contribution in [0.2, 0.25) is 0 Å². The van der Waals surface area contributed by atoms with E-state index in [0.29, 0.717) is 156 Å². The van der Waals surface area contributed by atoms with Crippen LogP contribution >= 0.6 is 0 Å². The van der Waals surface area contributed by atoms with Crippen LogP contribution < -0.4 is 71.3 Å². The fourth-order valence-electron chi connectivity index (χ4n) is 15.7. The summed E-state index contributed by atoms with van der Waals surface area (Å²) in [6.45, 7) is 2.82. The third-order valence-electron chi connectivity index (χ3n) is 22.7. The van der Waals surface area contributed by atoms with Crippen LogP contribution in [-0.2, 0) is 109 Å². The Bertz CT molecular complexity index is 5990. The van der Waals surface area contributed by atoms with Crippen LogP contribution in [0.3, 0.4) is 0 Å². The number of rotatable bonds is 47. The number of nitrogens with zero attached hydrogens (tertiary/aromatic N) is 2. The van der Waals surface area contributed by atoms with Gasteiger partial charge in [0.15, 0.2) is 5.78 Å². The van der Waals surface area contributed by atoms with E-state index in [-0.39, 0.29) is 57.6 Å². The first-order valence-electron chi connectivity index (χ1n) is 46.2. The highest BCUT2D eigenvalue weighted by Crippen LogP contribution is 2.38. The Balaban J connectivity index is 0.692. The quantitative estimate of drug-likeness (QED) is 0.0329. The summed E-state index contributed by atoms with van der Waals surface area (Å²) >= 11 is 0. The molecule has 1 amide bonds. The molecule has 1 heterocycles. The van der Waals surface area contributed by atoms with E-state index >= 15 is 9.59 Å². The second-order valence-corrected chi connectivity index (χ2v) is 33.5. The highest BCUT2D eigenvalue weighted by molar-refractivity contribution is 6.32. The summed E-state index contributed by atoms with van der Waals surface area (Å²) in [4.78, 5) is 30.4. The van der Waals surface area contributed by atoms with E-state index in [2.05, 4.69) is 0 Å². The van der Waals surface area contributed by atoms with Crippen molar-refractivity contribution in [2.75, 3.05) is 5.01 Å². The fourth-order valence-corrected chi connectivity index (χ4v) is 15.7. The number of Topliss-reactive ketones (excluding diaryl/α,β-unsaturated/α-hetero) is 1. The molecular weight excluding hydrogens is 1740 g/mol. The Morgan fingerprint density at radius 2 is 0.353 bits per heavy atom. The molecule has 0 radical (unpaired) electrons. The summed E-state index contributed by atoms with van der Waals surface area (Å²) in [6, 6.07) is 138. The molecule has 0 spiro atoms. The second-order valence-electron chi connectivity index (χ2n) is 33.5.